The molecule has 148 valence electrons. The molecule has 0 fully saturated rings. The molecule has 0 radical (unpaired) electrons. The summed E-state index contributed by atoms with van der Waals surface area (Å²) in [6.45, 7) is 1.47. The highest BCUT2D eigenvalue weighted by Gasteiger charge is 2.32. The van der Waals surface area contributed by atoms with Crippen LogP contribution in [0.25, 0.3) is 0 Å². The molecule has 2 aromatic rings. The first kappa shape index (κ1) is 21.4. The SMILES string of the molecule is CC(Oc1ccc(Cl)cc1)C(=O)Nc1cc(C(F)(F)F)ccc1[NH2+]C=NC=N. The Labute approximate surface area is 163 Å². The lowest BCUT2D eigenvalue weighted by Gasteiger charge is -2.16. The Morgan fingerprint density at radius 3 is 2.57 bits per heavy atom. The fraction of sp³-hybridized carbons (Fsp3) is 0.167. The summed E-state index contributed by atoms with van der Waals surface area (Å²) in [5, 5.41) is 11.2. The summed E-state index contributed by atoms with van der Waals surface area (Å²) in [5.41, 5.74) is -0.663. The molecule has 1 unspecified atom stereocenters. The molecule has 0 spiro atoms. The zero-order valence-electron chi connectivity index (χ0n) is 14.6. The third-order valence-corrected chi connectivity index (χ3v) is 3.80. The fourth-order valence-electron chi connectivity index (χ4n) is 2.16. The van der Waals surface area contributed by atoms with Crippen molar-refractivity contribution in [2.45, 2.75) is 19.2 Å². The summed E-state index contributed by atoms with van der Waals surface area (Å²) in [4.78, 5) is 15.9. The summed E-state index contributed by atoms with van der Waals surface area (Å²) < 4.78 is 44.5. The molecule has 0 aliphatic carbocycles. The van der Waals surface area contributed by atoms with E-state index in [4.69, 9.17) is 21.7 Å². The molecule has 0 saturated carbocycles. The van der Waals surface area contributed by atoms with Crippen LogP contribution < -0.4 is 15.4 Å². The van der Waals surface area contributed by atoms with Crippen LogP contribution in [-0.2, 0) is 11.0 Å². The van der Waals surface area contributed by atoms with Gasteiger partial charge >= 0.3 is 6.18 Å². The van der Waals surface area contributed by atoms with E-state index in [0.717, 1.165) is 18.5 Å². The standard InChI is InChI=1S/C18H16ClF3N4O2/c1-11(28-14-5-3-13(19)4-6-14)17(27)26-16-8-12(18(20,21)22)2-7-15(16)25-10-24-9-23/h2-11H,1H3,(H,26,27)(H2,23,24,25)/p+1. The number of alkyl halides is 3. The minimum absolute atomic E-state index is 0.0530. The molecule has 4 N–H and O–H groups in total. The second-order valence-corrected chi connectivity index (χ2v) is 6.03. The second kappa shape index (κ2) is 9.34. The minimum Gasteiger partial charge on any atom is -0.481 e. The first-order chi connectivity index (χ1) is 13.2. The molecule has 0 bridgehead atoms. The Balaban J connectivity index is 2.20. The van der Waals surface area contributed by atoms with E-state index in [0.29, 0.717) is 16.5 Å². The van der Waals surface area contributed by atoms with E-state index in [2.05, 4.69) is 10.3 Å². The molecule has 28 heavy (non-hydrogen) atoms. The van der Waals surface area contributed by atoms with E-state index in [9.17, 15) is 18.0 Å². The van der Waals surface area contributed by atoms with Gasteiger partial charge in [-0.2, -0.15) is 18.2 Å². The smallest absolute Gasteiger partial charge is 0.416 e. The predicted molar refractivity (Wildman–Crippen MR) is 100 cm³/mol. The van der Waals surface area contributed by atoms with Crippen molar-refractivity contribution in [2.75, 3.05) is 5.32 Å². The molecule has 2 rings (SSSR count). The van der Waals surface area contributed by atoms with Gasteiger partial charge < -0.3 is 10.1 Å². The van der Waals surface area contributed by atoms with Gasteiger partial charge in [-0.25, -0.2) is 0 Å². The van der Waals surface area contributed by atoms with E-state index < -0.39 is 23.8 Å². The van der Waals surface area contributed by atoms with Crippen molar-refractivity contribution in [1.82, 2.24) is 0 Å². The number of anilines is 1. The van der Waals surface area contributed by atoms with E-state index in [1.165, 1.54) is 24.6 Å². The molecule has 0 heterocycles. The third-order valence-electron chi connectivity index (χ3n) is 3.55. The van der Waals surface area contributed by atoms with Crippen molar-refractivity contribution >= 4 is 41.6 Å². The van der Waals surface area contributed by atoms with E-state index in [-0.39, 0.29) is 5.69 Å². The number of rotatable bonds is 7. The molecular weight excluding hydrogens is 397 g/mol. The molecule has 2 aromatic carbocycles. The van der Waals surface area contributed by atoms with Crippen LogP contribution in [0.2, 0.25) is 5.02 Å². The average Bonchev–Trinajstić information content (AvgIpc) is 2.64. The van der Waals surface area contributed by atoms with Crippen LogP contribution >= 0.6 is 11.6 Å². The predicted octanol–water partition coefficient (Wildman–Crippen LogP) is 3.60. The van der Waals surface area contributed by atoms with Gasteiger partial charge in [-0.3, -0.25) is 15.5 Å². The first-order valence-electron chi connectivity index (χ1n) is 8.00. The molecule has 0 aromatic heterocycles. The highest BCUT2D eigenvalue weighted by atomic mass is 35.5. The maximum Gasteiger partial charge on any atom is 0.416 e. The zero-order valence-corrected chi connectivity index (χ0v) is 15.4. The molecule has 0 aliphatic rings. The number of ether oxygens (including phenoxy) is 1. The third kappa shape index (κ3) is 6.07. The highest BCUT2D eigenvalue weighted by Crippen LogP contribution is 2.32. The van der Waals surface area contributed by atoms with Crippen LogP contribution in [0.4, 0.5) is 24.5 Å². The molecule has 6 nitrogen and oxygen atoms in total. The van der Waals surface area contributed by atoms with E-state index >= 15 is 0 Å². The molecule has 1 amide bonds. The number of carbonyl (C=O) groups is 1. The number of carbonyl (C=O) groups excluding carboxylic acids is 1. The van der Waals surface area contributed by atoms with Crippen LogP contribution in [0, 0.1) is 5.41 Å². The molecule has 0 saturated heterocycles. The highest BCUT2D eigenvalue weighted by molar-refractivity contribution is 6.30. The zero-order chi connectivity index (χ0) is 20.7. The largest absolute Gasteiger partial charge is 0.481 e. The van der Waals surface area contributed by atoms with Gasteiger partial charge in [-0.05, 0) is 43.3 Å². The van der Waals surface area contributed by atoms with E-state index in [1.54, 1.807) is 24.3 Å². The number of quaternary nitrogens is 1. The van der Waals surface area contributed by atoms with Crippen LogP contribution in [-0.4, -0.2) is 24.7 Å². The number of hydrogen-bond acceptors (Lipinski definition) is 3. The van der Waals surface area contributed by atoms with Gasteiger partial charge in [-0.15, -0.1) is 0 Å². The van der Waals surface area contributed by atoms with Crippen molar-refractivity contribution in [3.63, 3.8) is 0 Å². The van der Waals surface area contributed by atoms with Gasteiger partial charge in [0.15, 0.2) is 18.1 Å². The van der Waals surface area contributed by atoms with Gasteiger partial charge in [0.05, 0.1) is 5.56 Å². The Morgan fingerprint density at radius 2 is 1.96 bits per heavy atom. The van der Waals surface area contributed by atoms with Crippen molar-refractivity contribution in [3.8, 4) is 5.75 Å². The number of hydrogen-bond donors (Lipinski definition) is 3. The number of halogens is 4. The van der Waals surface area contributed by atoms with Crippen LogP contribution in [0.1, 0.15) is 12.5 Å². The number of aliphatic imine (C=N–C) groups is 1. The van der Waals surface area contributed by atoms with Gasteiger partial charge in [0.1, 0.15) is 17.8 Å². The van der Waals surface area contributed by atoms with Crippen LogP contribution in [0.15, 0.2) is 47.5 Å². The molecule has 10 heteroatoms. The quantitative estimate of drug-likeness (QED) is 0.368. The van der Waals surface area contributed by atoms with Gasteiger partial charge in [0, 0.05) is 11.1 Å². The average molecular weight is 414 g/mol. The number of nitrogens with zero attached hydrogens (tertiary/aromatic N) is 1. The Hall–Kier alpha value is -2.91. The van der Waals surface area contributed by atoms with Crippen molar-refractivity contribution in [2.24, 2.45) is 4.99 Å². The summed E-state index contributed by atoms with van der Waals surface area (Å²) in [7, 11) is 0. The molecular formula is C18H17ClF3N4O2+. The number of nitrogens with two attached hydrogens (primary N) is 1. The normalized spacial score (nSPS) is 12.6. The lowest BCUT2D eigenvalue weighted by Crippen LogP contribution is -2.76. The van der Waals surface area contributed by atoms with Gasteiger partial charge in [0.2, 0.25) is 0 Å². The summed E-state index contributed by atoms with van der Waals surface area (Å²) >= 11 is 5.78. The van der Waals surface area contributed by atoms with Crippen LogP contribution in [0.3, 0.4) is 0 Å². The number of benzene rings is 2. The maximum absolute atomic E-state index is 13.0. The summed E-state index contributed by atoms with van der Waals surface area (Å²) in [6, 6.07) is 9.25. The minimum atomic E-state index is -4.56. The molecule has 1 atom stereocenters. The Morgan fingerprint density at radius 1 is 1.29 bits per heavy atom. The molecule has 0 aliphatic heterocycles. The van der Waals surface area contributed by atoms with Crippen LogP contribution in [0.5, 0.6) is 5.75 Å². The lowest BCUT2D eigenvalue weighted by atomic mass is 10.1. The number of nitrogens with one attached hydrogen (secondary N) is 2. The number of amides is 1. The summed E-state index contributed by atoms with van der Waals surface area (Å²) in [6.07, 6.45) is -3.52. The Bertz CT molecular complexity index is 870. The van der Waals surface area contributed by atoms with E-state index in [1.807, 2.05) is 0 Å². The first-order valence-corrected chi connectivity index (χ1v) is 8.38. The Kier molecular flexibility index (Phi) is 7.13. The van der Waals surface area contributed by atoms with Crippen molar-refractivity contribution in [1.29, 1.82) is 5.41 Å². The lowest BCUT2D eigenvalue weighted by molar-refractivity contribution is -0.431. The van der Waals surface area contributed by atoms with Crippen molar-refractivity contribution in [3.05, 3.63) is 53.1 Å². The van der Waals surface area contributed by atoms with Gasteiger partial charge in [0.25, 0.3) is 5.91 Å². The summed E-state index contributed by atoms with van der Waals surface area (Å²) in [5.74, 6) is -0.242. The maximum atomic E-state index is 13.0. The fourth-order valence-corrected chi connectivity index (χ4v) is 2.28. The second-order valence-electron chi connectivity index (χ2n) is 5.60. The topological polar surface area (TPSA) is 91.2 Å². The van der Waals surface area contributed by atoms with Gasteiger partial charge in [-0.1, -0.05) is 11.6 Å². The monoisotopic (exact) mass is 413 g/mol. The van der Waals surface area contributed by atoms with Crippen molar-refractivity contribution < 1.29 is 28.0 Å².